The van der Waals surface area contributed by atoms with Gasteiger partial charge in [0, 0.05) is 21.0 Å². The van der Waals surface area contributed by atoms with Gasteiger partial charge < -0.3 is 17.3 Å². The molecule has 0 saturated heterocycles. The van der Waals surface area contributed by atoms with Crippen LogP contribution in [-0.4, -0.2) is 62.0 Å². The molecule has 124 valence electrons. The minimum atomic E-state index is 0. The van der Waals surface area contributed by atoms with Crippen molar-refractivity contribution in [3.8, 4) is 0 Å². The number of tetrazole rings is 1. The number of nitrogens with one attached hydrogen (secondary N) is 1. The van der Waals surface area contributed by atoms with Gasteiger partial charge in [-0.3, -0.25) is 9.69 Å². The summed E-state index contributed by atoms with van der Waals surface area (Å²) in [5.74, 6) is 1.12. The number of aryl methyl sites for hydroxylation is 1. The van der Waals surface area contributed by atoms with Gasteiger partial charge in [-0.05, 0) is 17.4 Å². The van der Waals surface area contributed by atoms with Gasteiger partial charge in [0.2, 0.25) is 10.7 Å². The van der Waals surface area contributed by atoms with Crippen molar-refractivity contribution in [3.05, 3.63) is 11.4 Å². The van der Waals surface area contributed by atoms with Crippen molar-refractivity contribution in [2.45, 2.75) is 24.5 Å². The molecule has 0 bridgehead atoms. The van der Waals surface area contributed by atoms with Gasteiger partial charge in [0.15, 0.2) is 5.78 Å². The van der Waals surface area contributed by atoms with E-state index in [1.807, 2.05) is 0 Å². The number of nitrogens with zero attached hydrogens (tertiary/aromatic N) is 5. The van der Waals surface area contributed by atoms with Crippen molar-refractivity contribution < 1.29 is 22.1 Å². The first kappa shape index (κ1) is 19.3. The number of hydrogen-bond acceptors (Lipinski definition) is 7. The summed E-state index contributed by atoms with van der Waals surface area (Å²) in [7, 11) is 5.99. The first-order valence-electron chi connectivity index (χ1n) is 6.64. The van der Waals surface area contributed by atoms with Crippen molar-refractivity contribution in [2.24, 2.45) is 7.05 Å². The standard InChI is InChI=1S/C12H20N6OS2.ClH/c1-8-9(2)17(4)12(16(8)3)21-7-10(19)6-20-11-13-14-15-18(11)5;/h12H,6-7H2,1-5H3;1H. The second kappa shape index (κ2) is 8.19. The van der Waals surface area contributed by atoms with Crippen LogP contribution in [0.4, 0.5) is 0 Å². The Balaban J connectivity index is 0.00000242. The third-order valence-corrected chi connectivity index (χ3v) is 6.28. The Morgan fingerprint density at radius 2 is 2.00 bits per heavy atom. The zero-order valence-electron chi connectivity index (χ0n) is 13.3. The summed E-state index contributed by atoms with van der Waals surface area (Å²) in [4.78, 5) is 15.6. The van der Waals surface area contributed by atoms with E-state index >= 15 is 0 Å². The third-order valence-electron chi connectivity index (χ3n) is 3.73. The van der Waals surface area contributed by atoms with Crippen molar-refractivity contribution in [3.63, 3.8) is 0 Å². The Hall–Kier alpha value is -0.770. The fourth-order valence-corrected chi connectivity index (χ4v) is 4.23. The van der Waals surface area contributed by atoms with Crippen LogP contribution in [0.15, 0.2) is 16.6 Å². The van der Waals surface area contributed by atoms with Crippen LogP contribution in [0.3, 0.4) is 0 Å². The normalized spacial score (nSPS) is 21.2. The fourth-order valence-electron chi connectivity index (χ4n) is 2.14. The van der Waals surface area contributed by atoms with E-state index in [-0.39, 0.29) is 23.7 Å². The van der Waals surface area contributed by atoms with Gasteiger partial charge in [-0.25, -0.2) is 4.68 Å². The number of carbonyl (C=O) groups excluding carboxylic acids is 1. The molecule has 1 aliphatic rings. The first-order valence-corrected chi connectivity index (χ1v) is 8.67. The maximum Gasteiger partial charge on any atom is 0.216 e. The lowest BCUT2D eigenvalue weighted by Crippen LogP contribution is -3.09. The molecule has 22 heavy (non-hydrogen) atoms. The van der Waals surface area contributed by atoms with Crippen molar-refractivity contribution >= 4 is 29.3 Å². The number of allylic oxidation sites excluding steroid dienone is 2. The van der Waals surface area contributed by atoms with Gasteiger partial charge in [-0.1, -0.05) is 23.5 Å². The quantitative estimate of drug-likeness (QED) is 0.528. The second-order valence-electron chi connectivity index (χ2n) is 5.08. The van der Waals surface area contributed by atoms with E-state index < -0.39 is 0 Å². The lowest BCUT2D eigenvalue weighted by atomic mass is 10.4. The van der Waals surface area contributed by atoms with E-state index in [2.05, 4.69) is 48.4 Å². The summed E-state index contributed by atoms with van der Waals surface area (Å²) in [5, 5.41) is 11.8. The van der Waals surface area contributed by atoms with E-state index in [9.17, 15) is 4.79 Å². The van der Waals surface area contributed by atoms with Crippen LogP contribution >= 0.6 is 23.5 Å². The molecule has 2 rings (SSSR count). The smallest absolute Gasteiger partial charge is 0.216 e. The molecule has 1 N–H and O–H groups in total. The van der Waals surface area contributed by atoms with Gasteiger partial charge in [0.1, 0.15) is 5.70 Å². The molecule has 0 radical (unpaired) electrons. The number of thioether (sulfide) groups is 2. The van der Waals surface area contributed by atoms with Gasteiger partial charge >= 0.3 is 0 Å². The van der Waals surface area contributed by atoms with Crippen LogP contribution in [-0.2, 0) is 11.8 Å². The number of halogens is 1. The van der Waals surface area contributed by atoms with Crippen molar-refractivity contribution in [1.29, 1.82) is 0 Å². The summed E-state index contributed by atoms with van der Waals surface area (Å²) in [6, 6.07) is 0. The van der Waals surface area contributed by atoms with Gasteiger partial charge in [0.25, 0.3) is 0 Å². The molecule has 0 aliphatic carbocycles. The summed E-state index contributed by atoms with van der Waals surface area (Å²) in [6.07, 6.45) is 0. The number of Topliss-reactive ketones (excluding diaryl/α,β-unsaturated/α-hetero) is 1. The summed E-state index contributed by atoms with van der Waals surface area (Å²) >= 11 is 3.06. The zero-order valence-corrected chi connectivity index (χ0v) is 15.7. The van der Waals surface area contributed by atoms with Gasteiger partial charge in [-0.15, -0.1) is 5.10 Å². The maximum atomic E-state index is 12.0. The highest BCUT2D eigenvalue weighted by Crippen LogP contribution is 2.21. The van der Waals surface area contributed by atoms with Crippen molar-refractivity contribution in [2.75, 3.05) is 25.6 Å². The Labute approximate surface area is 145 Å². The van der Waals surface area contributed by atoms with Crippen LogP contribution < -0.4 is 17.3 Å². The molecule has 1 aromatic heterocycles. The lowest BCUT2D eigenvalue weighted by molar-refractivity contribution is -0.851. The number of rotatable bonds is 6. The fraction of sp³-hybridized carbons (Fsp3) is 0.667. The number of carbonyl (C=O) groups is 1. The highest BCUT2D eigenvalue weighted by atomic mass is 35.5. The minimum Gasteiger partial charge on any atom is -1.00 e. The monoisotopic (exact) mass is 364 g/mol. The Kier molecular flexibility index (Phi) is 7.17. The van der Waals surface area contributed by atoms with E-state index in [0.29, 0.717) is 16.7 Å². The predicted molar refractivity (Wildman–Crippen MR) is 83.8 cm³/mol. The molecule has 0 aromatic carbocycles. The lowest BCUT2D eigenvalue weighted by Gasteiger charge is -2.23. The number of aromatic nitrogens is 4. The maximum absolute atomic E-state index is 12.0. The highest BCUT2D eigenvalue weighted by Gasteiger charge is 2.34. The molecular formula is C12H21ClN6OS2. The highest BCUT2D eigenvalue weighted by molar-refractivity contribution is 8.01. The van der Waals surface area contributed by atoms with Crippen LogP contribution in [0.2, 0.25) is 0 Å². The van der Waals surface area contributed by atoms with Crippen LogP contribution in [0.5, 0.6) is 0 Å². The molecule has 1 aromatic rings. The number of ketones is 1. The van der Waals surface area contributed by atoms with Crippen LogP contribution in [0, 0.1) is 0 Å². The average Bonchev–Trinajstić information content (AvgIpc) is 2.94. The molecule has 2 unspecified atom stereocenters. The van der Waals surface area contributed by atoms with Crippen LogP contribution in [0.1, 0.15) is 13.8 Å². The van der Waals surface area contributed by atoms with E-state index in [1.54, 1.807) is 23.5 Å². The molecular weight excluding hydrogens is 344 g/mol. The molecule has 7 nitrogen and oxygen atoms in total. The number of quaternary nitrogens is 1. The van der Waals surface area contributed by atoms with E-state index in [0.717, 1.165) is 0 Å². The molecule has 0 spiro atoms. The third kappa shape index (κ3) is 4.15. The molecule has 2 atom stereocenters. The SMILES string of the molecule is CC1=C(C)[NH+](C)C(SCC(=O)CSc2nnnn2C)N1C.[Cl-]. The largest absolute Gasteiger partial charge is 1.00 e. The Morgan fingerprint density at radius 3 is 2.50 bits per heavy atom. The summed E-state index contributed by atoms with van der Waals surface area (Å²) < 4.78 is 1.57. The molecule has 0 fully saturated rings. The Morgan fingerprint density at radius 1 is 1.32 bits per heavy atom. The molecule has 2 heterocycles. The summed E-state index contributed by atoms with van der Waals surface area (Å²) in [6.45, 7) is 4.26. The van der Waals surface area contributed by atoms with Crippen molar-refractivity contribution in [1.82, 2.24) is 25.1 Å². The van der Waals surface area contributed by atoms with E-state index in [4.69, 9.17) is 0 Å². The number of hydrogen-bond donors (Lipinski definition) is 1. The zero-order chi connectivity index (χ0) is 15.6. The van der Waals surface area contributed by atoms with Gasteiger partial charge in [0.05, 0.1) is 24.3 Å². The summed E-state index contributed by atoms with van der Waals surface area (Å²) in [5.41, 5.74) is 2.90. The predicted octanol–water partition coefficient (Wildman–Crippen LogP) is -3.40. The molecule has 0 amide bonds. The van der Waals surface area contributed by atoms with Gasteiger partial charge in [-0.2, -0.15) is 0 Å². The molecule has 10 heteroatoms. The molecule has 1 aliphatic heterocycles. The minimum absolute atomic E-state index is 0. The second-order valence-corrected chi connectivity index (χ2v) is 7.09. The Bertz CT molecular complexity index is 546. The first-order chi connectivity index (χ1) is 9.91. The van der Waals surface area contributed by atoms with E-state index in [1.165, 1.54) is 28.1 Å². The molecule has 0 saturated carbocycles. The topological polar surface area (TPSA) is 68.4 Å². The van der Waals surface area contributed by atoms with Crippen LogP contribution in [0.25, 0.3) is 0 Å². The average molecular weight is 365 g/mol.